The van der Waals surface area contributed by atoms with Crippen LogP contribution in [0.5, 0.6) is 5.75 Å². The molecule has 1 atom stereocenters. The van der Waals surface area contributed by atoms with Gasteiger partial charge < -0.3 is 14.6 Å². The zero-order valence-electron chi connectivity index (χ0n) is 17.9. The molecule has 1 aliphatic rings. The smallest absolute Gasteiger partial charge is 0.254 e. The van der Waals surface area contributed by atoms with E-state index in [4.69, 9.17) is 4.74 Å². The van der Waals surface area contributed by atoms with Crippen LogP contribution < -0.4 is 4.74 Å². The lowest BCUT2D eigenvalue weighted by molar-refractivity contribution is 0.0692. The fourth-order valence-corrected chi connectivity index (χ4v) is 4.66. The quantitative estimate of drug-likeness (QED) is 0.472. The summed E-state index contributed by atoms with van der Waals surface area (Å²) in [5, 5.41) is 1.25. The predicted octanol–water partition coefficient (Wildman–Crippen LogP) is 5.66. The summed E-state index contributed by atoms with van der Waals surface area (Å²) in [6, 6.07) is 24.2. The molecule has 1 amide bonds. The second kappa shape index (κ2) is 7.95. The summed E-state index contributed by atoms with van der Waals surface area (Å²) in [5.74, 6) is 0.905. The van der Waals surface area contributed by atoms with Crippen molar-refractivity contribution in [2.75, 3.05) is 13.2 Å². The standard InChI is InChI=1S/C27H26N2O2/c1-3-31-21-13-11-19(12-14-21)26-25-23(22-9-4-5-10-24(22)28-25)15-16-29(26)27(30)20-8-6-7-18(2)17-20/h4-14,17,26,28H,3,15-16H2,1-2H3. The number of carbonyl (C=O) groups excluding carboxylic acids is 1. The molecule has 4 nitrogen and oxygen atoms in total. The Bertz CT molecular complexity index is 1240. The van der Waals surface area contributed by atoms with E-state index in [0.717, 1.165) is 40.1 Å². The lowest BCUT2D eigenvalue weighted by Gasteiger charge is -2.36. The van der Waals surface area contributed by atoms with E-state index >= 15 is 0 Å². The van der Waals surface area contributed by atoms with Gasteiger partial charge in [-0.25, -0.2) is 0 Å². The predicted molar refractivity (Wildman–Crippen MR) is 124 cm³/mol. The van der Waals surface area contributed by atoms with Gasteiger partial charge in [-0.3, -0.25) is 4.79 Å². The molecule has 1 N–H and O–H groups in total. The SMILES string of the molecule is CCOc1ccc(C2c3[nH]c4ccccc4c3CCN2C(=O)c2cccc(C)c2)cc1. The molecule has 0 radical (unpaired) electrons. The molecule has 2 heterocycles. The number of benzene rings is 3. The van der Waals surface area contributed by atoms with Crippen LogP contribution in [-0.4, -0.2) is 28.9 Å². The monoisotopic (exact) mass is 410 g/mol. The number of amides is 1. The molecular formula is C27H26N2O2. The Morgan fingerprint density at radius 1 is 1.06 bits per heavy atom. The van der Waals surface area contributed by atoms with Crippen molar-refractivity contribution in [3.05, 3.63) is 101 Å². The van der Waals surface area contributed by atoms with Crippen LogP contribution in [0.2, 0.25) is 0 Å². The number of para-hydroxylation sites is 1. The number of H-pyrrole nitrogens is 1. The summed E-state index contributed by atoms with van der Waals surface area (Å²) >= 11 is 0. The van der Waals surface area contributed by atoms with Gasteiger partial charge in [-0.2, -0.15) is 0 Å². The van der Waals surface area contributed by atoms with Crippen molar-refractivity contribution in [3.8, 4) is 5.75 Å². The summed E-state index contributed by atoms with van der Waals surface area (Å²) < 4.78 is 5.63. The lowest BCUT2D eigenvalue weighted by atomic mass is 9.91. The van der Waals surface area contributed by atoms with Crippen LogP contribution >= 0.6 is 0 Å². The molecule has 1 aromatic heterocycles. The third-order valence-corrected chi connectivity index (χ3v) is 6.07. The van der Waals surface area contributed by atoms with Crippen LogP contribution in [0.4, 0.5) is 0 Å². The molecule has 4 aromatic rings. The number of ether oxygens (including phenoxy) is 1. The van der Waals surface area contributed by atoms with Gasteiger partial charge in [0.05, 0.1) is 12.6 Å². The highest BCUT2D eigenvalue weighted by Gasteiger charge is 2.35. The Morgan fingerprint density at radius 3 is 2.65 bits per heavy atom. The maximum atomic E-state index is 13.6. The van der Waals surface area contributed by atoms with Gasteiger partial charge in [0.2, 0.25) is 0 Å². The van der Waals surface area contributed by atoms with Gasteiger partial charge in [0.15, 0.2) is 0 Å². The molecule has 3 aromatic carbocycles. The van der Waals surface area contributed by atoms with E-state index < -0.39 is 0 Å². The Morgan fingerprint density at radius 2 is 1.87 bits per heavy atom. The summed E-state index contributed by atoms with van der Waals surface area (Å²) in [6.07, 6.45) is 0.838. The molecule has 1 unspecified atom stereocenters. The van der Waals surface area contributed by atoms with Crippen LogP contribution in [0.3, 0.4) is 0 Å². The Hall–Kier alpha value is -3.53. The summed E-state index contributed by atoms with van der Waals surface area (Å²) in [7, 11) is 0. The number of hydrogen-bond donors (Lipinski definition) is 1. The van der Waals surface area contributed by atoms with Crippen LogP contribution in [0.1, 0.15) is 45.7 Å². The van der Waals surface area contributed by atoms with E-state index in [1.165, 1.54) is 10.9 Å². The van der Waals surface area contributed by atoms with Gasteiger partial charge in [0.25, 0.3) is 5.91 Å². The van der Waals surface area contributed by atoms with Crippen molar-refractivity contribution >= 4 is 16.8 Å². The molecule has 0 spiro atoms. The van der Waals surface area contributed by atoms with Gasteiger partial charge >= 0.3 is 0 Å². The van der Waals surface area contributed by atoms with Gasteiger partial charge in [-0.05, 0) is 61.7 Å². The average Bonchev–Trinajstić information content (AvgIpc) is 3.17. The maximum absolute atomic E-state index is 13.6. The first-order chi connectivity index (χ1) is 15.2. The zero-order chi connectivity index (χ0) is 21.4. The van der Waals surface area contributed by atoms with Gasteiger partial charge in [-0.1, -0.05) is 48.0 Å². The second-order valence-electron chi connectivity index (χ2n) is 8.09. The minimum Gasteiger partial charge on any atom is -0.494 e. The number of fused-ring (bicyclic) bond motifs is 3. The lowest BCUT2D eigenvalue weighted by Crippen LogP contribution is -2.40. The summed E-state index contributed by atoms with van der Waals surface area (Å²) in [4.78, 5) is 19.2. The highest BCUT2D eigenvalue weighted by Crippen LogP contribution is 2.39. The van der Waals surface area contributed by atoms with Crippen molar-refractivity contribution < 1.29 is 9.53 Å². The highest BCUT2D eigenvalue weighted by molar-refractivity contribution is 5.95. The van der Waals surface area contributed by atoms with Crippen LogP contribution in [-0.2, 0) is 6.42 Å². The maximum Gasteiger partial charge on any atom is 0.254 e. The molecule has 1 aliphatic heterocycles. The van der Waals surface area contributed by atoms with Crippen molar-refractivity contribution in [2.45, 2.75) is 26.3 Å². The first-order valence-corrected chi connectivity index (χ1v) is 10.9. The van der Waals surface area contributed by atoms with E-state index in [2.05, 4.69) is 35.3 Å². The highest BCUT2D eigenvalue weighted by atomic mass is 16.5. The van der Waals surface area contributed by atoms with Crippen molar-refractivity contribution in [2.24, 2.45) is 0 Å². The number of rotatable bonds is 4. The van der Waals surface area contributed by atoms with Gasteiger partial charge in [-0.15, -0.1) is 0 Å². The average molecular weight is 411 g/mol. The van der Waals surface area contributed by atoms with E-state index in [-0.39, 0.29) is 11.9 Å². The topological polar surface area (TPSA) is 45.3 Å². The Balaban J connectivity index is 1.63. The van der Waals surface area contributed by atoms with E-state index in [1.807, 2.05) is 61.2 Å². The molecule has 0 fully saturated rings. The molecule has 0 aliphatic carbocycles. The molecule has 0 saturated carbocycles. The van der Waals surface area contributed by atoms with Gasteiger partial charge in [0, 0.05) is 28.7 Å². The third kappa shape index (κ3) is 3.48. The minimum absolute atomic E-state index is 0.0619. The number of carbonyl (C=O) groups is 1. The second-order valence-corrected chi connectivity index (χ2v) is 8.09. The molecule has 0 saturated heterocycles. The van der Waals surface area contributed by atoms with Crippen molar-refractivity contribution in [3.63, 3.8) is 0 Å². The number of hydrogen-bond acceptors (Lipinski definition) is 2. The molecule has 4 heteroatoms. The molecule has 156 valence electrons. The van der Waals surface area contributed by atoms with E-state index in [1.54, 1.807) is 0 Å². The first-order valence-electron chi connectivity index (χ1n) is 10.9. The largest absolute Gasteiger partial charge is 0.494 e. The summed E-state index contributed by atoms with van der Waals surface area (Å²) in [6.45, 7) is 5.31. The Labute approximate surface area is 182 Å². The number of aryl methyl sites for hydroxylation is 1. The fourth-order valence-electron chi connectivity index (χ4n) is 4.66. The van der Waals surface area contributed by atoms with Crippen molar-refractivity contribution in [1.29, 1.82) is 0 Å². The van der Waals surface area contributed by atoms with E-state index in [0.29, 0.717) is 13.2 Å². The zero-order valence-corrected chi connectivity index (χ0v) is 17.9. The Kier molecular flexibility index (Phi) is 4.99. The first kappa shape index (κ1) is 19.4. The minimum atomic E-state index is -0.167. The molecule has 0 bridgehead atoms. The molecule has 5 rings (SSSR count). The van der Waals surface area contributed by atoms with E-state index in [9.17, 15) is 4.79 Å². The number of aromatic amines is 1. The van der Waals surface area contributed by atoms with Crippen LogP contribution in [0.15, 0.2) is 72.8 Å². The number of aromatic nitrogens is 1. The summed E-state index contributed by atoms with van der Waals surface area (Å²) in [5.41, 5.74) is 6.44. The molecular weight excluding hydrogens is 384 g/mol. The fraction of sp³-hybridized carbons (Fsp3) is 0.222. The number of nitrogens with one attached hydrogen (secondary N) is 1. The molecule has 31 heavy (non-hydrogen) atoms. The van der Waals surface area contributed by atoms with Crippen molar-refractivity contribution in [1.82, 2.24) is 9.88 Å². The van der Waals surface area contributed by atoms with Gasteiger partial charge in [0.1, 0.15) is 5.75 Å². The van der Waals surface area contributed by atoms with Crippen LogP contribution in [0.25, 0.3) is 10.9 Å². The third-order valence-electron chi connectivity index (χ3n) is 6.07. The van der Waals surface area contributed by atoms with Crippen LogP contribution in [0, 0.1) is 6.92 Å². The normalized spacial score (nSPS) is 15.7. The number of nitrogens with zero attached hydrogens (tertiary/aromatic N) is 1.